The first-order valence-electron chi connectivity index (χ1n) is 10.2. The fourth-order valence-electron chi connectivity index (χ4n) is 4.25. The van der Waals surface area contributed by atoms with Gasteiger partial charge in [0.25, 0.3) is 0 Å². The van der Waals surface area contributed by atoms with E-state index in [1.165, 1.54) is 13.8 Å². The molecule has 29 heavy (non-hydrogen) atoms. The second-order valence-corrected chi connectivity index (χ2v) is 8.26. The van der Waals surface area contributed by atoms with E-state index in [-0.39, 0.29) is 36.1 Å². The molecule has 0 aromatic carbocycles. The first kappa shape index (κ1) is 23.3. The van der Waals surface area contributed by atoms with Crippen LogP contribution < -0.4 is 5.32 Å². The summed E-state index contributed by atoms with van der Waals surface area (Å²) in [5.74, 6) is -0.622. The molecule has 8 heteroatoms. The Kier molecular flexibility index (Phi) is 7.82. The van der Waals surface area contributed by atoms with Gasteiger partial charge >= 0.3 is 5.97 Å². The highest BCUT2D eigenvalue weighted by Gasteiger charge is 2.68. The van der Waals surface area contributed by atoms with Crippen LogP contribution in [-0.2, 0) is 28.6 Å². The molecule has 1 saturated carbocycles. The molecular weight excluding hydrogens is 378 g/mol. The quantitative estimate of drug-likeness (QED) is 0.397. The maximum Gasteiger partial charge on any atom is 0.303 e. The number of carbonyl (C=O) groups excluding carboxylic acids is 2. The average molecular weight is 411 g/mol. The van der Waals surface area contributed by atoms with Crippen molar-refractivity contribution in [2.24, 2.45) is 11.8 Å². The Morgan fingerprint density at radius 3 is 2.48 bits per heavy atom. The highest BCUT2D eigenvalue weighted by molar-refractivity contribution is 5.76. The number of ketones is 1. The molecule has 0 bridgehead atoms. The summed E-state index contributed by atoms with van der Waals surface area (Å²) in [6, 6.07) is -0.470. The van der Waals surface area contributed by atoms with E-state index in [0.29, 0.717) is 38.0 Å². The van der Waals surface area contributed by atoms with Crippen molar-refractivity contribution in [1.82, 2.24) is 5.32 Å². The summed E-state index contributed by atoms with van der Waals surface area (Å²) < 4.78 is 18.1. The van der Waals surface area contributed by atoms with Gasteiger partial charge in [-0.25, -0.2) is 0 Å². The lowest BCUT2D eigenvalue weighted by molar-refractivity contribution is -0.256. The van der Waals surface area contributed by atoms with E-state index in [0.717, 1.165) is 0 Å². The molecule has 2 unspecified atom stereocenters. The zero-order valence-corrected chi connectivity index (χ0v) is 17.7. The molecule has 1 saturated heterocycles. The van der Waals surface area contributed by atoms with Crippen molar-refractivity contribution in [3.63, 3.8) is 0 Å². The minimum Gasteiger partial charge on any atom is -0.493 e. The van der Waals surface area contributed by atoms with Gasteiger partial charge in [-0.2, -0.15) is 0 Å². The number of ether oxygens (including phenoxy) is 3. The predicted octanol–water partition coefficient (Wildman–Crippen LogP) is 2.41. The molecule has 2 rings (SSSR count). The van der Waals surface area contributed by atoms with Gasteiger partial charge in [0.1, 0.15) is 17.5 Å². The summed E-state index contributed by atoms with van der Waals surface area (Å²) in [5, 5.41) is 11.7. The second-order valence-electron chi connectivity index (χ2n) is 8.26. The largest absolute Gasteiger partial charge is 0.493 e. The molecule has 6 atom stereocenters. The minimum absolute atomic E-state index is 0.0283. The Morgan fingerprint density at radius 2 is 1.93 bits per heavy atom. The van der Waals surface area contributed by atoms with Crippen LogP contribution in [0, 0.1) is 11.8 Å². The van der Waals surface area contributed by atoms with E-state index >= 15 is 0 Å². The Balaban J connectivity index is 2.16. The highest BCUT2D eigenvalue weighted by Crippen LogP contribution is 2.56. The molecule has 1 amide bonds. The van der Waals surface area contributed by atoms with Crippen molar-refractivity contribution in [3.8, 4) is 0 Å². The van der Waals surface area contributed by atoms with Crippen LogP contribution in [0.15, 0.2) is 12.3 Å². The fourth-order valence-corrected chi connectivity index (χ4v) is 4.25. The van der Waals surface area contributed by atoms with Gasteiger partial charge in [0.05, 0.1) is 11.8 Å². The Bertz CT molecular complexity index is 649. The number of carboxylic acid groups (broad SMARTS) is 1. The maximum absolute atomic E-state index is 12.0. The molecule has 1 aliphatic heterocycles. The van der Waals surface area contributed by atoms with Crippen LogP contribution >= 0.6 is 0 Å². The van der Waals surface area contributed by atoms with E-state index in [2.05, 4.69) is 11.9 Å². The smallest absolute Gasteiger partial charge is 0.303 e. The SMILES string of the molecule is C=C(C)OC1CC12O[C@@H](OCCCCC(=O)O)[C@H](NC(C)=O)[C@@H](CC(C)=O)[C@H]2C. The molecule has 164 valence electrons. The lowest BCUT2D eigenvalue weighted by atomic mass is 9.76. The highest BCUT2D eigenvalue weighted by atomic mass is 16.7. The number of carbonyl (C=O) groups is 3. The normalized spacial score (nSPS) is 33.2. The second kappa shape index (κ2) is 9.71. The summed E-state index contributed by atoms with van der Waals surface area (Å²) in [7, 11) is 0. The summed E-state index contributed by atoms with van der Waals surface area (Å²) in [4.78, 5) is 34.4. The van der Waals surface area contributed by atoms with E-state index in [1.54, 1.807) is 6.92 Å². The zero-order chi connectivity index (χ0) is 21.8. The third-order valence-electron chi connectivity index (χ3n) is 5.70. The number of carboxylic acids is 1. The first-order chi connectivity index (χ1) is 13.6. The standard InChI is InChI=1S/C21H33NO7/c1-12(2)28-17-11-21(17)14(4)16(10-13(3)23)19(22-15(5)24)20(29-21)27-9-7-6-8-18(25)26/h14,16-17,19-20H,1,6-11H2,2-5H3,(H,22,24)(H,25,26)/t14-,16+,17?,19-,20-,21?/m1/s1. The van der Waals surface area contributed by atoms with Crippen LogP contribution in [0.25, 0.3) is 0 Å². The number of hydrogen-bond acceptors (Lipinski definition) is 6. The van der Waals surface area contributed by atoms with Crippen LogP contribution in [0.3, 0.4) is 0 Å². The lowest BCUT2D eigenvalue weighted by Crippen LogP contribution is -2.60. The molecular formula is C21H33NO7. The summed E-state index contributed by atoms with van der Waals surface area (Å²) >= 11 is 0. The van der Waals surface area contributed by atoms with Crippen molar-refractivity contribution >= 4 is 17.7 Å². The fraction of sp³-hybridized carbons (Fsp3) is 0.762. The molecule has 0 radical (unpaired) electrons. The summed E-state index contributed by atoms with van der Waals surface area (Å²) in [6.07, 6.45) is 1.20. The number of aliphatic carboxylic acids is 1. The molecule has 0 aromatic heterocycles. The van der Waals surface area contributed by atoms with Gasteiger partial charge in [0.2, 0.25) is 5.91 Å². The molecule has 0 aromatic rings. The molecule has 1 spiro atoms. The van der Waals surface area contributed by atoms with E-state index < -0.39 is 23.9 Å². The number of Topliss-reactive ketones (excluding diaryl/α,β-unsaturated/α-hetero) is 1. The van der Waals surface area contributed by atoms with E-state index in [1.807, 2.05) is 6.92 Å². The van der Waals surface area contributed by atoms with Gasteiger partial charge in [0.15, 0.2) is 6.29 Å². The Morgan fingerprint density at radius 1 is 1.24 bits per heavy atom. The molecule has 1 heterocycles. The third-order valence-corrected chi connectivity index (χ3v) is 5.70. The topological polar surface area (TPSA) is 111 Å². The molecule has 2 aliphatic rings. The van der Waals surface area contributed by atoms with Crippen LogP contribution in [0.2, 0.25) is 0 Å². The number of hydrogen-bond donors (Lipinski definition) is 2. The molecule has 2 fully saturated rings. The van der Waals surface area contributed by atoms with Crippen molar-refractivity contribution in [2.45, 2.75) is 83.8 Å². The number of amides is 1. The van der Waals surface area contributed by atoms with Gasteiger partial charge in [-0.15, -0.1) is 0 Å². The van der Waals surface area contributed by atoms with Gasteiger partial charge in [-0.3, -0.25) is 9.59 Å². The molecule has 8 nitrogen and oxygen atoms in total. The van der Waals surface area contributed by atoms with Gasteiger partial charge in [0, 0.05) is 32.8 Å². The first-order valence-corrected chi connectivity index (χ1v) is 10.2. The summed E-state index contributed by atoms with van der Waals surface area (Å²) in [5.41, 5.74) is -0.584. The van der Waals surface area contributed by atoms with Crippen molar-refractivity contribution < 1.29 is 33.7 Å². The molecule has 1 aliphatic carbocycles. The van der Waals surface area contributed by atoms with Gasteiger partial charge in [-0.1, -0.05) is 13.5 Å². The van der Waals surface area contributed by atoms with Crippen LogP contribution in [0.5, 0.6) is 0 Å². The summed E-state index contributed by atoms with van der Waals surface area (Å²) in [6.45, 7) is 10.9. The van der Waals surface area contributed by atoms with Gasteiger partial charge in [-0.05, 0) is 38.5 Å². The maximum atomic E-state index is 12.0. The monoisotopic (exact) mass is 411 g/mol. The van der Waals surface area contributed by atoms with E-state index in [9.17, 15) is 14.4 Å². The number of rotatable bonds is 11. The van der Waals surface area contributed by atoms with Crippen molar-refractivity contribution in [3.05, 3.63) is 12.3 Å². The van der Waals surface area contributed by atoms with Crippen molar-refractivity contribution in [1.29, 1.82) is 0 Å². The predicted molar refractivity (Wildman–Crippen MR) is 105 cm³/mol. The number of allylic oxidation sites excluding steroid dienone is 1. The zero-order valence-electron chi connectivity index (χ0n) is 17.7. The van der Waals surface area contributed by atoms with Crippen LogP contribution in [0.4, 0.5) is 0 Å². The Hall–Kier alpha value is -1.93. The van der Waals surface area contributed by atoms with Crippen LogP contribution in [-0.4, -0.2) is 53.4 Å². The average Bonchev–Trinajstić information content (AvgIpc) is 3.26. The van der Waals surface area contributed by atoms with Crippen molar-refractivity contribution in [2.75, 3.05) is 6.61 Å². The van der Waals surface area contributed by atoms with E-state index in [4.69, 9.17) is 19.3 Å². The van der Waals surface area contributed by atoms with Crippen LogP contribution in [0.1, 0.15) is 59.8 Å². The lowest BCUT2D eigenvalue weighted by Gasteiger charge is -2.46. The molecule has 2 N–H and O–H groups in total. The number of unbranched alkanes of at least 4 members (excludes halogenated alkanes) is 1. The van der Waals surface area contributed by atoms with Gasteiger partial charge < -0.3 is 29.4 Å². The minimum atomic E-state index is -0.845. The third kappa shape index (κ3) is 6.02. The number of nitrogens with one attached hydrogen (secondary N) is 1. The Labute approximate surface area is 172 Å².